The fourth-order valence-electron chi connectivity index (χ4n) is 4.14. The smallest absolute Gasteiger partial charge is 0.287 e. The lowest BCUT2D eigenvalue weighted by molar-refractivity contribution is 0.0897. The molecule has 2 saturated heterocycles. The summed E-state index contributed by atoms with van der Waals surface area (Å²) in [5.74, 6) is 0.488. The van der Waals surface area contributed by atoms with Crippen molar-refractivity contribution in [3.8, 4) is 5.75 Å². The highest BCUT2D eigenvalue weighted by Gasteiger charge is 2.30. The molecule has 3 heterocycles. The van der Waals surface area contributed by atoms with Crippen LogP contribution in [0.2, 0.25) is 0 Å². The third kappa shape index (κ3) is 4.88. The van der Waals surface area contributed by atoms with E-state index in [0.717, 1.165) is 56.6 Å². The zero-order valence-electron chi connectivity index (χ0n) is 17.7. The van der Waals surface area contributed by atoms with E-state index in [2.05, 4.69) is 10.2 Å². The van der Waals surface area contributed by atoms with Gasteiger partial charge in [-0.25, -0.2) is 8.42 Å². The van der Waals surface area contributed by atoms with Gasteiger partial charge in [-0.2, -0.15) is 4.31 Å². The minimum absolute atomic E-state index is 0.0225. The lowest BCUT2D eigenvalue weighted by Crippen LogP contribution is -2.44. The van der Waals surface area contributed by atoms with Crippen molar-refractivity contribution in [2.24, 2.45) is 0 Å². The maximum Gasteiger partial charge on any atom is 0.287 e. The van der Waals surface area contributed by atoms with Crippen LogP contribution in [0.1, 0.15) is 42.7 Å². The number of ether oxygens (including phenoxy) is 1. The van der Waals surface area contributed by atoms with Gasteiger partial charge < -0.3 is 19.4 Å². The Morgan fingerprint density at radius 1 is 1.00 bits per heavy atom. The average Bonchev–Trinajstić information content (AvgIpc) is 3.32. The lowest BCUT2D eigenvalue weighted by atomic mass is 10.0. The van der Waals surface area contributed by atoms with E-state index >= 15 is 0 Å². The van der Waals surface area contributed by atoms with Crippen LogP contribution in [0.5, 0.6) is 5.75 Å². The van der Waals surface area contributed by atoms with Crippen LogP contribution < -0.4 is 15.0 Å². The van der Waals surface area contributed by atoms with Gasteiger partial charge in [0.1, 0.15) is 5.75 Å². The fourth-order valence-corrected chi connectivity index (χ4v) is 5.57. The molecule has 31 heavy (non-hydrogen) atoms. The predicted octanol–water partition coefficient (Wildman–Crippen LogP) is 2.86. The van der Waals surface area contributed by atoms with Crippen molar-refractivity contribution in [2.45, 2.75) is 43.2 Å². The summed E-state index contributed by atoms with van der Waals surface area (Å²) in [6, 6.07) is 10.8. The number of rotatable bonds is 6. The zero-order chi connectivity index (χ0) is 21.8. The molecule has 0 radical (unpaired) electrons. The number of amides is 1. The summed E-state index contributed by atoms with van der Waals surface area (Å²) in [6.07, 6.45) is 4.34. The molecule has 2 aliphatic heterocycles. The average molecular weight is 448 g/mol. The third-order valence-electron chi connectivity index (χ3n) is 5.98. The first-order valence-electron chi connectivity index (χ1n) is 10.8. The number of hydrogen-bond acceptors (Lipinski definition) is 6. The lowest BCUT2D eigenvalue weighted by Gasteiger charge is -2.33. The molecule has 2 fully saturated rings. The molecule has 0 atom stereocenters. The van der Waals surface area contributed by atoms with Crippen molar-refractivity contribution >= 4 is 21.6 Å². The summed E-state index contributed by atoms with van der Waals surface area (Å²) < 4.78 is 37.5. The molecule has 8 nitrogen and oxygen atoms in total. The third-order valence-corrected chi connectivity index (χ3v) is 7.75. The SMILES string of the molecule is COc1ccc(N2CCC(NC(=O)c3ccc(S(=O)(=O)N4CCCCC4)o3)CC2)cc1. The molecule has 2 aromatic rings. The Hall–Kier alpha value is -2.52. The number of methoxy groups -OCH3 is 1. The van der Waals surface area contributed by atoms with E-state index in [0.29, 0.717) is 13.1 Å². The zero-order valence-corrected chi connectivity index (χ0v) is 18.6. The summed E-state index contributed by atoms with van der Waals surface area (Å²) in [5, 5.41) is 2.82. The molecule has 1 N–H and O–H groups in total. The first-order valence-corrected chi connectivity index (χ1v) is 12.2. The molecule has 1 aromatic heterocycles. The van der Waals surface area contributed by atoms with Gasteiger partial charge >= 0.3 is 0 Å². The number of furan rings is 1. The molecule has 9 heteroatoms. The van der Waals surface area contributed by atoms with Crippen molar-refractivity contribution in [3.05, 3.63) is 42.2 Å². The predicted molar refractivity (Wildman–Crippen MR) is 117 cm³/mol. The van der Waals surface area contributed by atoms with Gasteiger partial charge in [-0.1, -0.05) is 6.42 Å². The molecule has 0 saturated carbocycles. The first-order chi connectivity index (χ1) is 15.0. The van der Waals surface area contributed by atoms with E-state index in [1.807, 2.05) is 24.3 Å². The molecule has 0 bridgehead atoms. The minimum atomic E-state index is -3.68. The monoisotopic (exact) mass is 447 g/mol. The fraction of sp³-hybridized carbons (Fsp3) is 0.500. The van der Waals surface area contributed by atoms with Crippen molar-refractivity contribution in [1.82, 2.24) is 9.62 Å². The summed E-state index contributed by atoms with van der Waals surface area (Å²) >= 11 is 0. The molecule has 1 aromatic carbocycles. The molecule has 0 spiro atoms. The van der Waals surface area contributed by atoms with Gasteiger partial charge in [0.2, 0.25) is 5.09 Å². The Bertz CT molecular complexity index is 988. The second-order valence-electron chi connectivity index (χ2n) is 8.02. The molecule has 0 aliphatic carbocycles. The highest BCUT2D eigenvalue weighted by atomic mass is 32.2. The topological polar surface area (TPSA) is 92.1 Å². The standard InChI is InChI=1S/C22H29N3O5S/c1-29-19-7-5-18(6-8-19)24-15-11-17(12-16-24)23-22(26)20-9-10-21(30-20)31(27,28)25-13-3-2-4-14-25/h5-10,17H,2-4,11-16H2,1H3,(H,23,26). The molecular weight excluding hydrogens is 418 g/mol. The number of sulfonamides is 1. The van der Waals surface area contributed by atoms with E-state index in [1.165, 1.54) is 16.4 Å². The second-order valence-corrected chi connectivity index (χ2v) is 9.89. The van der Waals surface area contributed by atoms with Crippen molar-refractivity contribution < 1.29 is 22.4 Å². The normalized spacial score (nSPS) is 18.7. The summed E-state index contributed by atoms with van der Waals surface area (Å²) in [4.78, 5) is 14.9. The van der Waals surface area contributed by atoms with Crippen LogP contribution in [0.15, 0.2) is 45.9 Å². The highest BCUT2D eigenvalue weighted by molar-refractivity contribution is 7.89. The number of nitrogens with one attached hydrogen (secondary N) is 1. The van der Waals surface area contributed by atoms with Gasteiger partial charge in [0.15, 0.2) is 5.76 Å². The van der Waals surface area contributed by atoms with Crippen molar-refractivity contribution in [3.63, 3.8) is 0 Å². The molecule has 4 rings (SSSR count). The maximum absolute atomic E-state index is 12.7. The molecule has 1 amide bonds. The Balaban J connectivity index is 1.32. The van der Waals surface area contributed by atoms with Gasteiger partial charge in [0.05, 0.1) is 7.11 Å². The van der Waals surface area contributed by atoms with E-state index in [-0.39, 0.29) is 22.8 Å². The number of anilines is 1. The van der Waals surface area contributed by atoms with Gasteiger partial charge in [-0.3, -0.25) is 4.79 Å². The van der Waals surface area contributed by atoms with Crippen LogP contribution in [0, 0.1) is 0 Å². The van der Waals surface area contributed by atoms with Crippen LogP contribution >= 0.6 is 0 Å². The first kappa shape index (κ1) is 21.7. The van der Waals surface area contributed by atoms with Gasteiger partial charge in [-0.05, 0) is 62.1 Å². The van der Waals surface area contributed by atoms with Crippen LogP contribution in [-0.4, -0.2) is 58.0 Å². The Kier molecular flexibility index (Phi) is 6.52. The number of hydrogen-bond donors (Lipinski definition) is 1. The van der Waals surface area contributed by atoms with E-state index < -0.39 is 10.0 Å². The largest absolute Gasteiger partial charge is 0.497 e. The Morgan fingerprint density at radius 2 is 1.68 bits per heavy atom. The quantitative estimate of drug-likeness (QED) is 0.732. The number of carbonyl (C=O) groups is 1. The summed E-state index contributed by atoms with van der Waals surface area (Å²) in [7, 11) is -2.03. The molecular formula is C22H29N3O5S. The highest BCUT2D eigenvalue weighted by Crippen LogP contribution is 2.24. The summed E-state index contributed by atoms with van der Waals surface area (Å²) in [6.45, 7) is 2.64. The van der Waals surface area contributed by atoms with Gasteiger partial charge in [-0.15, -0.1) is 0 Å². The molecule has 168 valence electrons. The molecule has 0 unspecified atom stereocenters. The Morgan fingerprint density at radius 3 is 2.32 bits per heavy atom. The van der Waals surface area contributed by atoms with Crippen LogP contribution in [-0.2, 0) is 10.0 Å². The van der Waals surface area contributed by atoms with Crippen LogP contribution in [0.3, 0.4) is 0 Å². The van der Waals surface area contributed by atoms with Crippen molar-refractivity contribution in [1.29, 1.82) is 0 Å². The van der Waals surface area contributed by atoms with Gasteiger partial charge in [0, 0.05) is 37.9 Å². The molecule has 2 aliphatic rings. The second kappa shape index (κ2) is 9.32. The maximum atomic E-state index is 12.7. The van der Waals surface area contributed by atoms with Crippen molar-refractivity contribution in [2.75, 3.05) is 38.2 Å². The number of nitrogens with zero attached hydrogens (tertiary/aromatic N) is 2. The van der Waals surface area contributed by atoms with Crippen LogP contribution in [0.4, 0.5) is 5.69 Å². The summed E-state index contributed by atoms with van der Waals surface area (Å²) in [5.41, 5.74) is 1.13. The number of benzene rings is 1. The van der Waals surface area contributed by atoms with E-state index in [1.54, 1.807) is 7.11 Å². The Labute approximate surface area is 183 Å². The van der Waals surface area contributed by atoms with E-state index in [9.17, 15) is 13.2 Å². The minimum Gasteiger partial charge on any atom is -0.497 e. The number of carbonyl (C=O) groups excluding carboxylic acids is 1. The number of piperidine rings is 2. The van der Waals surface area contributed by atoms with Gasteiger partial charge in [0.25, 0.3) is 15.9 Å². The van der Waals surface area contributed by atoms with E-state index in [4.69, 9.17) is 9.15 Å². The van der Waals surface area contributed by atoms with Crippen LogP contribution in [0.25, 0.3) is 0 Å².